The Morgan fingerprint density at radius 2 is 2.11 bits per heavy atom. The molecule has 0 bridgehead atoms. The predicted molar refractivity (Wildman–Crippen MR) is 81.7 cm³/mol. The van der Waals surface area contributed by atoms with Crippen LogP contribution in [0.3, 0.4) is 0 Å². The van der Waals surface area contributed by atoms with Gasteiger partial charge in [-0.2, -0.15) is 0 Å². The highest BCUT2D eigenvalue weighted by molar-refractivity contribution is 7.84. The lowest BCUT2D eigenvalue weighted by atomic mass is 10.2. The zero-order valence-corrected chi connectivity index (χ0v) is 12.0. The van der Waals surface area contributed by atoms with Gasteiger partial charge in [0.05, 0.1) is 5.03 Å². The second-order valence-corrected chi connectivity index (χ2v) is 4.59. The van der Waals surface area contributed by atoms with Crippen molar-refractivity contribution in [2.45, 2.75) is 6.54 Å². The number of rotatable bonds is 6. The first kappa shape index (κ1) is 15.5. The van der Waals surface area contributed by atoms with Crippen LogP contribution in [0.2, 0.25) is 5.02 Å². The van der Waals surface area contributed by atoms with Crippen LogP contribution < -0.4 is 16.4 Å². The molecular weight excluding hydrogens is 282 g/mol. The van der Waals surface area contributed by atoms with Gasteiger partial charge in [0.15, 0.2) is 0 Å². The summed E-state index contributed by atoms with van der Waals surface area (Å²) in [6, 6.07) is 7.35. The van der Waals surface area contributed by atoms with E-state index in [0.29, 0.717) is 18.1 Å². The van der Waals surface area contributed by atoms with E-state index in [1.165, 1.54) is 0 Å². The lowest BCUT2D eigenvalue weighted by Gasteiger charge is -2.12. The van der Waals surface area contributed by atoms with Crippen LogP contribution in [0.5, 0.6) is 0 Å². The Kier molecular flexibility index (Phi) is 6.32. The average molecular weight is 298 g/mol. The van der Waals surface area contributed by atoms with E-state index in [1.54, 1.807) is 12.1 Å². The van der Waals surface area contributed by atoms with Crippen LogP contribution in [0.15, 0.2) is 47.6 Å². The number of nitrogens with one attached hydrogen (secondary N) is 2. The van der Waals surface area contributed by atoms with Gasteiger partial charge in [-0.1, -0.05) is 35.9 Å². The molecule has 0 heterocycles. The summed E-state index contributed by atoms with van der Waals surface area (Å²) >= 11 is 10.0. The van der Waals surface area contributed by atoms with Gasteiger partial charge in [-0.15, -0.1) is 19.2 Å². The fraction of sp³-hybridized carbons (Fsp3) is 0.154. The Balaban J connectivity index is 2.71. The first-order valence-electron chi connectivity index (χ1n) is 5.61. The maximum Gasteiger partial charge on any atom is 0.270 e. The maximum atomic E-state index is 11.8. The predicted octanol–water partition coefficient (Wildman–Crippen LogP) is 1.79. The van der Waals surface area contributed by atoms with Crippen molar-refractivity contribution in [3.63, 3.8) is 0 Å². The summed E-state index contributed by atoms with van der Waals surface area (Å²) in [5.41, 5.74) is 6.65. The smallest absolute Gasteiger partial charge is 0.270 e. The van der Waals surface area contributed by atoms with E-state index < -0.39 is 0 Å². The topological polar surface area (TPSA) is 67.2 Å². The molecule has 1 rings (SSSR count). The highest BCUT2D eigenvalue weighted by Crippen LogP contribution is 2.15. The van der Waals surface area contributed by atoms with Crippen molar-refractivity contribution in [1.29, 1.82) is 0 Å². The second kappa shape index (κ2) is 7.76. The average Bonchev–Trinajstić information content (AvgIpc) is 2.38. The molecule has 0 radical (unpaired) electrons. The third kappa shape index (κ3) is 4.89. The van der Waals surface area contributed by atoms with Gasteiger partial charge in [-0.05, 0) is 11.6 Å². The Labute approximate surface area is 123 Å². The van der Waals surface area contributed by atoms with Crippen molar-refractivity contribution >= 4 is 30.1 Å². The number of benzene rings is 1. The lowest BCUT2D eigenvalue weighted by molar-refractivity contribution is -0.117. The van der Waals surface area contributed by atoms with Crippen molar-refractivity contribution in [2.75, 3.05) is 6.54 Å². The van der Waals surface area contributed by atoms with E-state index in [0.717, 1.165) is 5.56 Å². The Hall–Kier alpha value is -1.59. The molecule has 0 aromatic heterocycles. The summed E-state index contributed by atoms with van der Waals surface area (Å²) in [5, 5.41) is 6.30. The molecule has 1 aromatic carbocycles. The van der Waals surface area contributed by atoms with Crippen LogP contribution in [-0.2, 0) is 11.3 Å². The molecule has 4 N–H and O–H groups in total. The van der Waals surface area contributed by atoms with Crippen LogP contribution >= 0.6 is 24.2 Å². The summed E-state index contributed by atoms with van der Waals surface area (Å²) < 4.78 is 0. The molecular formula is C13H16ClN3OS. The largest absolute Gasteiger partial charge is 0.392 e. The minimum absolute atomic E-state index is 0.119. The number of carbonyl (C=O) groups excluding carboxylic acids is 1. The molecule has 4 nitrogen and oxygen atoms in total. The molecule has 102 valence electrons. The van der Waals surface area contributed by atoms with E-state index >= 15 is 0 Å². The van der Waals surface area contributed by atoms with E-state index in [1.807, 2.05) is 18.2 Å². The highest BCUT2D eigenvalue weighted by Gasteiger charge is 2.11. The highest BCUT2D eigenvalue weighted by atomic mass is 35.5. The Morgan fingerprint density at radius 3 is 2.68 bits per heavy atom. The van der Waals surface area contributed by atoms with Crippen LogP contribution in [-0.4, -0.2) is 12.5 Å². The number of halogens is 1. The van der Waals surface area contributed by atoms with Gasteiger partial charge in [0.25, 0.3) is 5.91 Å². The number of hydrogen-bond acceptors (Lipinski definition) is 4. The van der Waals surface area contributed by atoms with Crippen molar-refractivity contribution in [3.8, 4) is 0 Å². The van der Waals surface area contributed by atoms with Crippen LogP contribution in [0.1, 0.15) is 5.56 Å². The summed E-state index contributed by atoms with van der Waals surface area (Å²) in [6.45, 7) is 4.27. The monoisotopic (exact) mass is 297 g/mol. The number of carbonyl (C=O) groups is 1. The number of hydrogen-bond donors (Lipinski definition) is 4. The second-order valence-electron chi connectivity index (χ2n) is 3.70. The van der Waals surface area contributed by atoms with Crippen LogP contribution in [0.4, 0.5) is 0 Å². The molecule has 0 aliphatic rings. The molecule has 0 spiro atoms. The van der Waals surface area contributed by atoms with Crippen molar-refractivity contribution in [3.05, 3.63) is 58.2 Å². The van der Waals surface area contributed by atoms with E-state index in [2.05, 4.69) is 29.8 Å². The number of thiol groups is 1. The van der Waals surface area contributed by atoms with Gasteiger partial charge in [-0.25, -0.2) is 0 Å². The summed E-state index contributed by atoms with van der Waals surface area (Å²) in [6.07, 6.45) is 1.58. The quantitative estimate of drug-likeness (QED) is 0.368. The SMILES string of the molecule is C=CCNC(=O)/C(NCc1ccccc1Cl)=C(/N)S. The lowest BCUT2D eigenvalue weighted by Crippen LogP contribution is -2.33. The molecule has 1 amide bonds. The van der Waals surface area contributed by atoms with Crippen molar-refractivity contribution in [1.82, 2.24) is 10.6 Å². The number of nitrogens with two attached hydrogens (primary N) is 1. The molecule has 0 saturated heterocycles. The van der Waals surface area contributed by atoms with Gasteiger partial charge < -0.3 is 16.4 Å². The maximum absolute atomic E-state index is 11.8. The third-order valence-corrected chi connectivity index (χ3v) is 2.90. The van der Waals surface area contributed by atoms with E-state index in [4.69, 9.17) is 17.3 Å². The van der Waals surface area contributed by atoms with Gasteiger partial charge in [0, 0.05) is 18.1 Å². The third-order valence-electron chi connectivity index (χ3n) is 2.30. The Morgan fingerprint density at radius 1 is 1.42 bits per heavy atom. The first-order chi connectivity index (χ1) is 9.06. The molecule has 0 aliphatic heterocycles. The molecule has 0 atom stereocenters. The zero-order chi connectivity index (χ0) is 14.3. The number of amides is 1. The summed E-state index contributed by atoms with van der Waals surface area (Å²) in [7, 11) is 0. The summed E-state index contributed by atoms with van der Waals surface area (Å²) in [4.78, 5) is 11.8. The van der Waals surface area contributed by atoms with Crippen LogP contribution in [0, 0.1) is 0 Å². The molecule has 0 fully saturated rings. The minimum atomic E-state index is -0.334. The standard InChI is InChI=1S/C13H16ClN3OS/c1-2-7-16-13(18)11(12(15)19)17-8-9-5-3-4-6-10(9)14/h2-6,17,19H,1,7-8,15H2,(H,16,18)/b12-11+. The minimum Gasteiger partial charge on any atom is -0.392 e. The van der Waals surface area contributed by atoms with E-state index in [-0.39, 0.29) is 16.6 Å². The molecule has 0 saturated carbocycles. The molecule has 0 aliphatic carbocycles. The van der Waals surface area contributed by atoms with Gasteiger partial charge in [-0.3, -0.25) is 4.79 Å². The van der Waals surface area contributed by atoms with Gasteiger partial charge >= 0.3 is 0 Å². The molecule has 19 heavy (non-hydrogen) atoms. The summed E-state index contributed by atoms with van der Waals surface area (Å²) in [5.74, 6) is -0.334. The fourth-order valence-corrected chi connectivity index (χ4v) is 1.75. The van der Waals surface area contributed by atoms with Crippen LogP contribution in [0.25, 0.3) is 0 Å². The normalized spacial score (nSPS) is 11.5. The van der Waals surface area contributed by atoms with Gasteiger partial charge in [0.2, 0.25) is 0 Å². The van der Waals surface area contributed by atoms with E-state index in [9.17, 15) is 4.79 Å². The van der Waals surface area contributed by atoms with Crippen molar-refractivity contribution < 1.29 is 4.79 Å². The molecule has 0 unspecified atom stereocenters. The Bertz CT molecular complexity index is 498. The fourth-order valence-electron chi connectivity index (χ4n) is 1.37. The van der Waals surface area contributed by atoms with Crippen molar-refractivity contribution in [2.24, 2.45) is 5.73 Å². The molecule has 1 aromatic rings. The zero-order valence-electron chi connectivity index (χ0n) is 10.3. The molecule has 6 heteroatoms. The first-order valence-corrected chi connectivity index (χ1v) is 6.44. The van der Waals surface area contributed by atoms with Gasteiger partial charge in [0.1, 0.15) is 5.70 Å².